The average Bonchev–Trinajstić information content (AvgIpc) is 2.66. The van der Waals surface area contributed by atoms with Crippen LogP contribution in [-0.2, 0) is 15.9 Å². The van der Waals surface area contributed by atoms with Crippen LogP contribution in [0, 0.1) is 5.82 Å². The van der Waals surface area contributed by atoms with Crippen molar-refractivity contribution in [1.29, 1.82) is 0 Å². The summed E-state index contributed by atoms with van der Waals surface area (Å²) in [7, 11) is -1.95. The summed E-state index contributed by atoms with van der Waals surface area (Å²) in [5.41, 5.74) is 2.65. The van der Waals surface area contributed by atoms with Crippen LogP contribution in [-0.4, -0.2) is 43.7 Å². The monoisotopic (exact) mass is 430 g/mol. The van der Waals surface area contributed by atoms with Crippen molar-refractivity contribution < 1.29 is 13.7 Å². The van der Waals surface area contributed by atoms with Gasteiger partial charge in [0.15, 0.2) is 0 Å². The summed E-state index contributed by atoms with van der Waals surface area (Å²) in [6, 6.07) is 5.38. The van der Waals surface area contributed by atoms with Gasteiger partial charge in [0.2, 0.25) is 5.95 Å². The standard InChI is InChI=1S/C22H31FN4O2Si/c1-7-28-26-18-13-27(14-18)21-24-11-17(12-25-21)19-10-8-9-16(20(19)23)15-29-30(5,6)22(2,3)4/h8-12H,7,13-15H2,1-6H3/q-1. The smallest absolute Gasteiger partial charge is 0.225 e. The fourth-order valence-corrected chi connectivity index (χ4v) is 3.71. The normalized spacial score (nSPS) is 14.5. The second-order valence-corrected chi connectivity index (χ2v) is 13.8. The number of anilines is 1. The predicted octanol–water partition coefficient (Wildman–Crippen LogP) is 5.02. The molecule has 0 spiro atoms. The van der Waals surface area contributed by atoms with Crippen molar-refractivity contribution in [3.8, 4) is 11.1 Å². The Morgan fingerprint density at radius 3 is 2.43 bits per heavy atom. The number of oxime groups is 1. The van der Waals surface area contributed by atoms with E-state index in [1.165, 1.54) is 0 Å². The third kappa shape index (κ3) is 4.87. The summed E-state index contributed by atoms with van der Waals surface area (Å²) in [5.74, 6) is 0.328. The molecule has 163 valence electrons. The van der Waals surface area contributed by atoms with Gasteiger partial charge in [-0.25, -0.2) is 14.4 Å². The zero-order chi connectivity index (χ0) is 21.9. The molecule has 1 fully saturated rings. The second kappa shape index (κ2) is 8.81. The van der Waals surface area contributed by atoms with Gasteiger partial charge in [0, 0.05) is 35.7 Å². The molecule has 3 rings (SSSR count). The average molecular weight is 431 g/mol. The number of hydrogen-bond acceptors (Lipinski definition) is 6. The molecule has 0 bridgehead atoms. The first-order valence-corrected chi connectivity index (χ1v) is 13.2. The first-order valence-electron chi connectivity index (χ1n) is 10.3. The van der Waals surface area contributed by atoms with Crippen molar-refractivity contribution in [3.63, 3.8) is 0 Å². The Kier molecular flexibility index (Phi) is 6.57. The molecule has 1 aromatic heterocycles. The van der Waals surface area contributed by atoms with E-state index in [9.17, 15) is 0 Å². The van der Waals surface area contributed by atoms with Gasteiger partial charge in [-0.3, -0.25) is 0 Å². The van der Waals surface area contributed by atoms with Gasteiger partial charge in [-0.15, -0.1) is 18.1 Å². The zero-order valence-corrected chi connectivity index (χ0v) is 19.7. The molecule has 0 unspecified atom stereocenters. The maximum absolute atomic E-state index is 15.2. The fourth-order valence-electron chi connectivity index (χ4n) is 2.76. The van der Waals surface area contributed by atoms with Gasteiger partial charge in [-0.2, -0.15) is 0 Å². The summed E-state index contributed by atoms with van der Waals surface area (Å²) in [5, 5.41) is 4.10. The van der Waals surface area contributed by atoms with Crippen LogP contribution in [0.1, 0.15) is 33.3 Å². The molecule has 0 atom stereocenters. The SMILES string of the molecule is CCON=C1CN(c2ncc(-c3cccc(CO[Si-](C)(C)C(C)(C)C)c3F)cn2)C1. The summed E-state index contributed by atoms with van der Waals surface area (Å²) < 4.78 is 21.4. The van der Waals surface area contributed by atoms with E-state index in [0.29, 0.717) is 42.3 Å². The molecule has 8 heteroatoms. The quantitative estimate of drug-likeness (QED) is 0.456. The van der Waals surface area contributed by atoms with Gasteiger partial charge in [-0.05, 0) is 15.2 Å². The lowest BCUT2D eigenvalue weighted by Gasteiger charge is -2.48. The van der Waals surface area contributed by atoms with Crippen molar-refractivity contribution in [2.24, 2.45) is 5.16 Å². The van der Waals surface area contributed by atoms with Crippen molar-refractivity contribution in [3.05, 3.63) is 42.0 Å². The highest BCUT2D eigenvalue weighted by Gasteiger charge is 2.26. The Morgan fingerprint density at radius 1 is 1.17 bits per heavy atom. The van der Waals surface area contributed by atoms with Crippen molar-refractivity contribution in [1.82, 2.24) is 9.97 Å². The summed E-state index contributed by atoms with van der Waals surface area (Å²) in [6.45, 7) is 14.9. The molecule has 30 heavy (non-hydrogen) atoms. The zero-order valence-electron chi connectivity index (χ0n) is 18.7. The molecule has 6 nitrogen and oxygen atoms in total. The van der Waals surface area contributed by atoms with E-state index in [1.54, 1.807) is 24.5 Å². The van der Waals surface area contributed by atoms with E-state index in [4.69, 9.17) is 9.26 Å². The summed E-state index contributed by atoms with van der Waals surface area (Å²) in [6.07, 6.45) is 3.33. The van der Waals surface area contributed by atoms with E-state index in [0.717, 1.165) is 5.71 Å². The Morgan fingerprint density at radius 2 is 1.83 bits per heavy atom. The molecule has 2 heterocycles. The molecule has 0 aliphatic carbocycles. The van der Waals surface area contributed by atoms with Gasteiger partial charge < -0.3 is 14.2 Å². The maximum atomic E-state index is 15.2. The first-order chi connectivity index (χ1) is 14.1. The molecule has 0 saturated carbocycles. The minimum absolute atomic E-state index is 0.0782. The largest absolute Gasteiger partial charge is 0.561 e. The maximum Gasteiger partial charge on any atom is 0.225 e. The van der Waals surface area contributed by atoms with E-state index < -0.39 is 8.32 Å². The van der Waals surface area contributed by atoms with Gasteiger partial charge in [0.25, 0.3) is 0 Å². The third-order valence-electron chi connectivity index (χ3n) is 5.77. The van der Waals surface area contributed by atoms with E-state index in [2.05, 4.69) is 49.0 Å². The van der Waals surface area contributed by atoms with Crippen LogP contribution in [0.25, 0.3) is 11.1 Å². The fraction of sp³-hybridized carbons (Fsp3) is 0.500. The van der Waals surface area contributed by atoms with Crippen LogP contribution >= 0.6 is 0 Å². The van der Waals surface area contributed by atoms with Crippen molar-refractivity contribution in [2.45, 2.75) is 52.4 Å². The summed E-state index contributed by atoms with van der Waals surface area (Å²) >= 11 is 0. The van der Waals surface area contributed by atoms with Gasteiger partial charge >= 0.3 is 0 Å². The third-order valence-corrected chi connectivity index (χ3v) is 10.3. The van der Waals surface area contributed by atoms with Crippen LogP contribution in [0.4, 0.5) is 10.3 Å². The lowest BCUT2D eigenvalue weighted by Crippen LogP contribution is -2.48. The molecule has 1 aliphatic heterocycles. The molecule has 0 amide bonds. The molecule has 2 aromatic rings. The topological polar surface area (TPSA) is 59.8 Å². The second-order valence-electron chi connectivity index (χ2n) is 9.03. The first kappa shape index (κ1) is 22.4. The van der Waals surface area contributed by atoms with Crippen LogP contribution in [0.3, 0.4) is 0 Å². The molecular weight excluding hydrogens is 399 g/mol. The molecular formula is C22H31FN4O2Si-. The number of hydrogen-bond donors (Lipinski definition) is 0. The van der Waals surface area contributed by atoms with Gasteiger partial charge in [0.05, 0.1) is 18.8 Å². The lowest BCUT2D eigenvalue weighted by atomic mass is 10.1. The highest BCUT2D eigenvalue weighted by Crippen LogP contribution is 2.37. The Bertz CT molecular complexity index is 902. The number of aromatic nitrogens is 2. The number of nitrogens with zero attached hydrogens (tertiary/aromatic N) is 4. The Labute approximate surface area is 179 Å². The molecule has 0 N–H and O–H groups in total. The number of halogens is 1. The highest BCUT2D eigenvalue weighted by atomic mass is 28.4. The van der Waals surface area contributed by atoms with Crippen LogP contribution in [0.15, 0.2) is 35.7 Å². The Balaban J connectivity index is 1.70. The summed E-state index contributed by atoms with van der Waals surface area (Å²) in [4.78, 5) is 15.9. The minimum Gasteiger partial charge on any atom is -0.561 e. The van der Waals surface area contributed by atoms with Crippen LogP contribution < -0.4 is 4.90 Å². The minimum atomic E-state index is -1.95. The molecule has 1 aromatic carbocycles. The van der Waals surface area contributed by atoms with E-state index in [1.807, 2.05) is 17.9 Å². The predicted molar refractivity (Wildman–Crippen MR) is 121 cm³/mol. The highest BCUT2D eigenvalue weighted by molar-refractivity contribution is 6.74. The van der Waals surface area contributed by atoms with E-state index >= 15 is 4.39 Å². The van der Waals surface area contributed by atoms with Crippen LogP contribution in [0.5, 0.6) is 0 Å². The molecule has 1 aliphatic rings. The van der Waals surface area contributed by atoms with Crippen LogP contribution in [0.2, 0.25) is 18.1 Å². The Hall–Kier alpha value is -2.32. The molecule has 1 saturated heterocycles. The van der Waals surface area contributed by atoms with Gasteiger partial charge in [0.1, 0.15) is 12.4 Å². The molecule has 0 radical (unpaired) electrons. The van der Waals surface area contributed by atoms with Crippen molar-refractivity contribution >= 4 is 20.0 Å². The number of benzene rings is 1. The lowest BCUT2D eigenvalue weighted by molar-refractivity contribution is 0.157. The van der Waals surface area contributed by atoms with Crippen molar-refractivity contribution in [2.75, 3.05) is 24.6 Å². The van der Waals surface area contributed by atoms with E-state index in [-0.39, 0.29) is 17.5 Å². The van der Waals surface area contributed by atoms with Gasteiger partial charge in [-0.1, -0.05) is 44.1 Å². The number of rotatable bonds is 7.